The van der Waals surface area contributed by atoms with Gasteiger partial charge in [0, 0.05) is 11.8 Å². The van der Waals surface area contributed by atoms with Gasteiger partial charge in [0.05, 0.1) is 35.4 Å². The molecule has 0 unspecified atom stereocenters. The summed E-state index contributed by atoms with van der Waals surface area (Å²) >= 11 is 12.1. The lowest BCUT2D eigenvalue weighted by molar-refractivity contribution is -0.122. The van der Waals surface area contributed by atoms with Crippen molar-refractivity contribution in [2.45, 2.75) is 13.0 Å². The van der Waals surface area contributed by atoms with Crippen molar-refractivity contribution in [2.24, 2.45) is 0 Å². The number of carbonyl (C=O) groups is 2. The molecule has 0 bridgehead atoms. The van der Waals surface area contributed by atoms with Crippen LogP contribution in [0.5, 0.6) is 5.75 Å². The highest BCUT2D eigenvalue weighted by Crippen LogP contribution is 2.29. The zero-order chi connectivity index (χ0) is 20.0. The number of anilines is 2. The maximum absolute atomic E-state index is 12.4. The fraction of sp³-hybridized carbons (Fsp3) is 0.263. The second-order valence-corrected chi connectivity index (χ2v) is 6.77. The molecule has 0 saturated heterocycles. The Kier molecular flexibility index (Phi) is 7.47. The Morgan fingerprint density at radius 1 is 1.11 bits per heavy atom. The summed E-state index contributed by atoms with van der Waals surface area (Å²) in [4.78, 5) is 26.3. The topological polar surface area (TPSA) is 70.7 Å². The number of nitrogens with zero attached hydrogens (tertiary/aromatic N) is 1. The van der Waals surface area contributed by atoms with Crippen LogP contribution in [0, 0.1) is 0 Å². The van der Waals surface area contributed by atoms with E-state index in [2.05, 4.69) is 10.6 Å². The number of methoxy groups -OCH3 is 1. The van der Waals surface area contributed by atoms with Gasteiger partial charge in [0.15, 0.2) is 0 Å². The van der Waals surface area contributed by atoms with Gasteiger partial charge in [0.25, 0.3) is 0 Å². The van der Waals surface area contributed by atoms with Gasteiger partial charge >= 0.3 is 0 Å². The summed E-state index contributed by atoms with van der Waals surface area (Å²) in [6.07, 6.45) is 0. The van der Waals surface area contributed by atoms with Crippen LogP contribution >= 0.6 is 23.2 Å². The van der Waals surface area contributed by atoms with Crippen molar-refractivity contribution in [1.29, 1.82) is 0 Å². The monoisotopic (exact) mass is 409 g/mol. The summed E-state index contributed by atoms with van der Waals surface area (Å²) in [6, 6.07) is 11.5. The highest BCUT2D eigenvalue weighted by molar-refractivity contribution is 6.39. The molecule has 27 heavy (non-hydrogen) atoms. The van der Waals surface area contributed by atoms with Crippen molar-refractivity contribution in [1.82, 2.24) is 4.90 Å². The lowest BCUT2D eigenvalue weighted by Gasteiger charge is -2.23. The average molecular weight is 410 g/mol. The van der Waals surface area contributed by atoms with Crippen LogP contribution in [0.15, 0.2) is 42.5 Å². The molecule has 2 N–H and O–H groups in total. The molecule has 6 nitrogen and oxygen atoms in total. The molecule has 2 rings (SSSR count). The molecule has 0 radical (unpaired) electrons. The van der Waals surface area contributed by atoms with Crippen LogP contribution in [0.3, 0.4) is 0 Å². The molecular formula is C19H21Cl2N3O3. The summed E-state index contributed by atoms with van der Waals surface area (Å²) in [6.45, 7) is 1.71. The van der Waals surface area contributed by atoms with E-state index in [-0.39, 0.29) is 18.4 Å². The maximum atomic E-state index is 12.4. The number of benzene rings is 2. The highest BCUT2D eigenvalue weighted by Gasteiger charge is 2.21. The molecule has 0 heterocycles. The molecule has 0 fully saturated rings. The fourth-order valence-corrected chi connectivity index (χ4v) is 2.80. The SMILES string of the molecule is COc1cccc(NC(=O)[C@@H](C)N(C)CC(=O)Nc2c(Cl)cccc2Cl)c1. The Bertz CT molecular complexity index is 809. The third-order valence-electron chi connectivity index (χ3n) is 4.00. The van der Waals surface area contributed by atoms with Gasteiger partial charge < -0.3 is 15.4 Å². The smallest absolute Gasteiger partial charge is 0.241 e. The van der Waals surface area contributed by atoms with E-state index in [1.54, 1.807) is 68.4 Å². The number of likely N-dealkylation sites (N-methyl/N-ethyl adjacent to an activating group) is 1. The quantitative estimate of drug-likeness (QED) is 0.727. The van der Waals surface area contributed by atoms with E-state index in [4.69, 9.17) is 27.9 Å². The third kappa shape index (κ3) is 5.85. The van der Waals surface area contributed by atoms with Crippen LogP contribution in [-0.2, 0) is 9.59 Å². The van der Waals surface area contributed by atoms with Gasteiger partial charge in [-0.15, -0.1) is 0 Å². The van der Waals surface area contributed by atoms with Crippen LogP contribution in [-0.4, -0.2) is 43.5 Å². The number of nitrogens with one attached hydrogen (secondary N) is 2. The largest absolute Gasteiger partial charge is 0.497 e. The van der Waals surface area contributed by atoms with Gasteiger partial charge in [-0.2, -0.15) is 0 Å². The second kappa shape index (κ2) is 9.60. The van der Waals surface area contributed by atoms with Crippen molar-refractivity contribution < 1.29 is 14.3 Å². The number of hydrogen-bond donors (Lipinski definition) is 2. The number of amides is 2. The minimum absolute atomic E-state index is 0.00570. The Morgan fingerprint density at radius 3 is 2.37 bits per heavy atom. The Balaban J connectivity index is 1.94. The Hall–Kier alpha value is -2.28. The van der Waals surface area contributed by atoms with Crippen molar-refractivity contribution in [2.75, 3.05) is 31.3 Å². The summed E-state index contributed by atoms with van der Waals surface area (Å²) in [5.41, 5.74) is 0.972. The van der Waals surface area contributed by atoms with Crippen LogP contribution < -0.4 is 15.4 Å². The first-order chi connectivity index (χ1) is 12.8. The van der Waals surface area contributed by atoms with Crippen LogP contribution in [0.1, 0.15) is 6.92 Å². The Labute approximate surface area is 168 Å². The van der Waals surface area contributed by atoms with Crippen LogP contribution in [0.25, 0.3) is 0 Å². The molecule has 0 aliphatic rings. The van der Waals surface area contributed by atoms with Crippen molar-refractivity contribution >= 4 is 46.4 Å². The number of para-hydroxylation sites is 1. The van der Waals surface area contributed by atoms with E-state index >= 15 is 0 Å². The van der Waals surface area contributed by atoms with Crippen LogP contribution in [0.4, 0.5) is 11.4 Å². The first-order valence-electron chi connectivity index (χ1n) is 8.21. The molecule has 144 valence electrons. The molecule has 0 aliphatic heterocycles. The summed E-state index contributed by atoms with van der Waals surface area (Å²) < 4.78 is 5.14. The van der Waals surface area contributed by atoms with Crippen molar-refractivity contribution in [3.8, 4) is 5.75 Å². The van der Waals surface area contributed by atoms with Gasteiger partial charge in [0.2, 0.25) is 11.8 Å². The molecule has 0 spiro atoms. The minimum Gasteiger partial charge on any atom is -0.497 e. The van der Waals surface area contributed by atoms with E-state index in [0.717, 1.165) is 0 Å². The lowest BCUT2D eigenvalue weighted by atomic mass is 10.2. The van der Waals surface area contributed by atoms with E-state index in [0.29, 0.717) is 27.2 Å². The average Bonchev–Trinajstić information content (AvgIpc) is 2.64. The zero-order valence-electron chi connectivity index (χ0n) is 15.3. The Morgan fingerprint density at radius 2 is 1.74 bits per heavy atom. The van der Waals surface area contributed by atoms with Gasteiger partial charge in [-0.1, -0.05) is 35.3 Å². The van der Waals surface area contributed by atoms with Gasteiger partial charge in [-0.3, -0.25) is 14.5 Å². The fourth-order valence-electron chi connectivity index (χ4n) is 2.31. The molecule has 1 atom stereocenters. The summed E-state index contributed by atoms with van der Waals surface area (Å²) in [7, 11) is 3.24. The van der Waals surface area contributed by atoms with E-state index in [9.17, 15) is 9.59 Å². The predicted molar refractivity (Wildman–Crippen MR) is 109 cm³/mol. The van der Waals surface area contributed by atoms with Gasteiger partial charge in [-0.25, -0.2) is 0 Å². The van der Waals surface area contributed by atoms with E-state index < -0.39 is 6.04 Å². The number of halogens is 2. The first-order valence-corrected chi connectivity index (χ1v) is 8.96. The zero-order valence-corrected chi connectivity index (χ0v) is 16.8. The van der Waals surface area contributed by atoms with E-state index in [1.165, 1.54) is 0 Å². The van der Waals surface area contributed by atoms with Crippen molar-refractivity contribution in [3.63, 3.8) is 0 Å². The molecule has 2 aromatic carbocycles. The van der Waals surface area contributed by atoms with E-state index in [1.807, 2.05) is 0 Å². The number of ether oxygens (including phenoxy) is 1. The normalized spacial score (nSPS) is 11.8. The minimum atomic E-state index is -0.538. The van der Waals surface area contributed by atoms with Gasteiger partial charge in [-0.05, 0) is 38.2 Å². The molecule has 8 heteroatoms. The van der Waals surface area contributed by atoms with Crippen molar-refractivity contribution in [3.05, 3.63) is 52.5 Å². The second-order valence-electron chi connectivity index (χ2n) is 5.96. The summed E-state index contributed by atoms with van der Waals surface area (Å²) in [5.74, 6) is 0.0765. The number of hydrogen-bond acceptors (Lipinski definition) is 4. The summed E-state index contributed by atoms with van der Waals surface area (Å²) in [5, 5.41) is 6.18. The predicted octanol–water partition coefficient (Wildman–Crippen LogP) is 3.90. The molecule has 0 aliphatic carbocycles. The molecule has 0 aromatic heterocycles. The highest BCUT2D eigenvalue weighted by atomic mass is 35.5. The standard InChI is InChI=1S/C19H21Cl2N3O3/c1-12(19(26)22-13-6-4-7-14(10-13)27-3)24(2)11-17(25)23-18-15(20)8-5-9-16(18)21/h4-10,12H,11H2,1-3H3,(H,22,26)(H,23,25)/t12-/m1/s1. The molecule has 2 aromatic rings. The molecule has 2 amide bonds. The number of rotatable bonds is 7. The van der Waals surface area contributed by atoms with Crippen LogP contribution in [0.2, 0.25) is 10.0 Å². The first kappa shape index (κ1) is 21.0. The molecular weight excluding hydrogens is 389 g/mol. The third-order valence-corrected chi connectivity index (χ3v) is 4.63. The number of carbonyl (C=O) groups excluding carboxylic acids is 2. The van der Waals surface area contributed by atoms with Gasteiger partial charge in [0.1, 0.15) is 5.75 Å². The maximum Gasteiger partial charge on any atom is 0.241 e. The lowest BCUT2D eigenvalue weighted by Crippen LogP contribution is -2.43. The molecule has 0 saturated carbocycles.